The normalized spacial score (nSPS) is 26.0. The number of nitrogens with one attached hydrogen (secondary N) is 2. The van der Waals surface area contributed by atoms with E-state index in [1.165, 1.54) is 0 Å². The highest BCUT2D eigenvalue weighted by Crippen LogP contribution is 2.64. The molecule has 3 rings (SSSR count). The van der Waals surface area contributed by atoms with E-state index in [1.807, 2.05) is 0 Å². The zero-order chi connectivity index (χ0) is 31.4. The smallest absolute Gasteiger partial charge is 0.408 e. The van der Waals surface area contributed by atoms with E-state index < -0.39 is 77.6 Å². The van der Waals surface area contributed by atoms with Crippen LogP contribution in [0.25, 0.3) is 0 Å². The Morgan fingerprint density at radius 3 is 2.21 bits per heavy atom. The van der Waals surface area contributed by atoms with Crippen molar-refractivity contribution < 1.29 is 47.7 Å². The molecule has 2 N–H and O–H groups in total. The summed E-state index contributed by atoms with van der Waals surface area (Å²) >= 11 is 12.2. The number of hydrogen-bond donors (Lipinski definition) is 2. The first-order chi connectivity index (χ1) is 19.7. The molecule has 14 heteroatoms. The van der Waals surface area contributed by atoms with Gasteiger partial charge in [-0.25, -0.2) is 9.59 Å². The van der Waals surface area contributed by atoms with Crippen LogP contribution in [0.15, 0.2) is 18.2 Å². The fourth-order valence-corrected chi connectivity index (χ4v) is 5.70. The molecule has 0 radical (unpaired) electrons. The Morgan fingerprint density at radius 1 is 0.976 bits per heavy atom. The van der Waals surface area contributed by atoms with Gasteiger partial charge in [-0.2, -0.15) is 0 Å². The fraction of sp³-hybridized carbons (Fsp3) is 0.607. The van der Waals surface area contributed by atoms with Gasteiger partial charge < -0.3 is 34.3 Å². The standard InChI is InChI=1S/C28H36Cl2N2O10/c1-7-38-24(35)20-19-21(20)28(25(36)39-8-2,32-26(37)42-27(4,5)6)23(22(19)31-18(34)13-40-14(3)33)41-12-15-9-10-16(29)17(30)11-15/h9-11,19-23H,7-8,12-13H2,1-6H3,(H,31,34)(H,32,37)/t19-,20-,21-,22-,23+,28+/m0/s1. The second-order valence-electron chi connectivity index (χ2n) is 11.0. The van der Waals surface area contributed by atoms with Gasteiger partial charge in [-0.05, 0) is 52.3 Å². The topological polar surface area (TPSA) is 156 Å². The largest absolute Gasteiger partial charge is 0.466 e. The van der Waals surface area contributed by atoms with Crippen molar-refractivity contribution in [2.75, 3.05) is 19.8 Å². The number of hydrogen-bond acceptors (Lipinski definition) is 10. The van der Waals surface area contributed by atoms with Gasteiger partial charge in [0.15, 0.2) is 12.1 Å². The highest BCUT2D eigenvalue weighted by Gasteiger charge is 2.81. The minimum atomic E-state index is -1.98. The van der Waals surface area contributed by atoms with Gasteiger partial charge in [-0.3, -0.25) is 14.4 Å². The Labute approximate surface area is 254 Å². The number of amides is 2. The first-order valence-corrected chi connectivity index (χ1v) is 14.2. The fourth-order valence-electron chi connectivity index (χ4n) is 5.38. The first-order valence-electron chi connectivity index (χ1n) is 13.5. The maximum atomic E-state index is 13.9. The van der Waals surface area contributed by atoms with Crippen LogP contribution in [-0.4, -0.2) is 73.0 Å². The van der Waals surface area contributed by atoms with Crippen molar-refractivity contribution in [3.63, 3.8) is 0 Å². The van der Waals surface area contributed by atoms with Crippen LogP contribution < -0.4 is 10.6 Å². The molecule has 232 valence electrons. The van der Waals surface area contributed by atoms with Crippen LogP contribution in [-0.2, 0) is 49.5 Å². The molecule has 2 aliphatic rings. The molecule has 2 fully saturated rings. The molecule has 0 spiro atoms. The second-order valence-corrected chi connectivity index (χ2v) is 11.8. The summed E-state index contributed by atoms with van der Waals surface area (Å²) in [5.74, 6) is -5.37. The van der Waals surface area contributed by atoms with E-state index in [4.69, 9.17) is 46.9 Å². The number of carbonyl (C=O) groups excluding carboxylic acids is 5. The number of ether oxygens (including phenoxy) is 5. The number of benzene rings is 1. The van der Waals surface area contributed by atoms with Gasteiger partial charge >= 0.3 is 24.0 Å². The molecule has 2 aliphatic carbocycles. The average molecular weight is 632 g/mol. The number of fused-ring (bicyclic) bond motifs is 1. The molecule has 0 unspecified atom stereocenters. The molecular formula is C28H36Cl2N2O10. The van der Waals surface area contributed by atoms with Crippen molar-refractivity contribution in [1.29, 1.82) is 0 Å². The molecule has 1 aromatic rings. The lowest BCUT2D eigenvalue weighted by molar-refractivity contribution is -0.163. The second kappa shape index (κ2) is 13.5. The van der Waals surface area contributed by atoms with Gasteiger partial charge in [0.2, 0.25) is 0 Å². The summed E-state index contributed by atoms with van der Waals surface area (Å²) in [6.45, 7) is 8.60. The van der Waals surface area contributed by atoms with Crippen LogP contribution in [0.3, 0.4) is 0 Å². The van der Waals surface area contributed by atoms with Crippen LogP contribution in [0.2, 0.25) is 10.0 Å². The Morgan fingerprint density at radius 2 is 1.64 bits per heavy atom. The van der Waals surface area contributed by atoms with Crippen molar-refractivity contribution in [1.82, 2.24) is 10.6 Å². The zero-order valence-electron chi connectivity index (χ0n) is 24.3. The van der Waals surface area contributed by atoms with Gasteiger partial charge in [0.1, 0.15) is 11.7 Å². The number of alkyl carbamates (subject to hydrolysis) is 1. The number of esters is 3. The minimum Gasteiger partial charge on any atom is -0.466 e. The third kappa shape index (κ3) is 7.45. The molecule has 0 saturated heterocycles. The summed E-state index contributed by atoms with van der Waals surface area (Å²) in [4.78, 5) is 64.3. The van der Waals surface area contributed by atoms with Crippen LogP contribution in [0.5, 0.6) is 0 Å². The molecule has 1 aromatic carbocycles. The number of halogens is 2. The van der Waals surface area contributed by atoms with Crippen LogP contribution in [0.1, 0.15) is 47.1 Å². The predicted octanol–water partition coefficient (Wildman–Crippen LogP) is 3.19. The third-order valence-corrected chi connectivity index (χ3v) is 7.56. The van der Waals surface area contributed by atoms with E-state index in [2.05, 4.69) is 10.6 Å². The number of rotatable bonds is 11. The summed E-state index contributed by atoms with van der Waals surface area (Å²) in [6.07, 6.45) is -2.22. The Hall–Kier alpha value is -3.09. The Balaban J connectivity index is 2.10. The van der Waals surface area contributed by atoms with Gasteiger partial charge in [-0.1, -0.05) is 29.3 Å². The van der Waals surface area contributed by atoms with Crippen LogP contribution in [0, 0.1) is 17.8 Å². The van der Waals surface area contributed by atoms with E-state index >= 15 is 0 Å². The van der Waals surface area contributed by atoms with Crippen molar-refractivity contribution in [2.24, 2.45) is 17.8 Å². The van der Waals surface area contributed by atoms with Gasteiger partial charge in [0, 0.05) is 18.8 Å². The van der Waals surface area contributed by atoms with Crippen molar-refractivity contribution in [2.45, 2.75) is 71.4 Å². The van der Waals surface area contributed by atoms with Gasteiger partial charge in [-0.15, -0.1) is 0 Å². The number of carbonyl (C=O) groups is 5. The Bertz CT molecular complexity index is 1220. The van der Waals surface area contributed by atoms with E-state index in [1.54, 1.807) is 52.8 Å². The first kappa shape index (κ1) is 33.4. The SMILES string of the molecule is CCOC(=O)[C@H]1[C@@H]2[C@H](NC(=O)COC(C)=O)[C@@H](OCc3ccc(Cl)c(Cl)c3)[C@@](NC(=O)OC(C)(C)C)(C(=O)OCC)[C@H]12. The lowest BCUT2D eigenvalue weighted by Gasteiger charge is -2.39. The molecule has 6 atom stereocenters. The zero-order valence-corrected chi connectivity index (χ0v) is 25.8. The summed E-state index contributed by atoms with van der Waals surface area (Å²) in [6, 6.07) is 3.78. The Kier molecular flexibility index (Phi) is 10.7. The summed E-state index contributed by atoms with van der Waals surface area (Å²) in [5.41, 5.74) is -2.33. The molecule has 12 nitrogen and oxygen atoms in total. The quantitative estimate of drug-likeness (QED) is 0.275. The minimum absolute atomic E-state index is 0.0545. The van der Waals surface area contributed by atoms with E-state index in [-0.39, 0.29) is 24.8 Å². The van der Waals surface area contributed by atoms with Crippen molar-refractivity contribution in [3.05, 3.63) is 33.8 Å². The maximum absolute atomic E-state index is 13.9. The highest BCUT2D eigenvalue weighted by molar-refractivity contribution is 6.42. The molecule has 2 amide bonds. The summed E-state index contributed by atoms with van der Waals surface area (Å²) < 4.78 is 27.3. The molecule has 42 heavy (non-hydrogen) atoms. The van der Waals surface area contributed by atoms with Gasteiger partial charge in [0.25, 0.3) is 5.91 Å². The highest BCUT2D eigenvalue weighted by atomic mass is 35.5. The molecule has 0 heterocycles. The molecule has 0 aromatic heterocycles. The molecule has 2 saturated carbocycles. The maximum Gasteiger partial charge on any atom is 0.408 e. The van der Waals surface area contributed by atoms with E-state index in [0.29, 0.717) is 10.6 Å². The van der Waals surface area contributed by atoms with E-state index in [9.17, 15) is 24.0 Å². The van der Waals surface area contributed by atoms with Crippen LogP contribution >= 0.6 is 23.2 Å². The van der Waals surface area contributed by atoms with Gasteiger partial charge in [0.05, 0.1) is 41.8 Å². The third-order valence-electron chi connectivity index (χ3n) is 6.82. The van der Waals surface area contributed by atoms with Crippen molar-refractivity contribution >= 4 is 53.1 Å². The summed E-state index contributed by atoms with van der Waals surface area (Å²) in [7, 11) is 0. The lowest BCUT2D eigenvalue weighted by Crippen LogP contribution is -2.68. The summed E-state index contributed by atoms with van der Waals surface area (Å²) in [5, 5.41) is 5.99. The van der Waals surface area contributed by atoms with Crippen molar-refractivity contribution in [3.8, 4) is 0 Å². The van der Waals surface area contributed by atoms with E-state index in [0.717, 1.165) is 6.92 Å². The molecule has 0 bridgehead atoms. The molecular weight excluding hydrogens is 595 g/mol. The van der Waals surface area contributed by atoms with Crippen LogP contribution in [0.4, 0.5) is 4.79 Å². The monoisotopic (exact) mass is 630 g/mol. The average Bonchev–Trinajstić information content (AvgIpc) is 3.57. The predicted molar refractivity (Wildman–Crippen MR) is 149 cm³/mol. The lowest BCUT2D eigenvalue weighted by atomic mass is 9.85. The molecule has 0 aliphatic heterocycles.